The second kappa shape index (κ2) is 5.76. The van der Waals surface area contributed by atoms with Gasteiger partial charge in [-0.3, -0.25) is 4.57 Å². The number of carbonyl (C=O) groups excluding carboxylic acids is 1. The van der Waals surface area contributed by atoms with Gasteiger partial charge in [0.1, 0.15) is 12.4 Å². The molecule has 0 saturated carbocycles. The first-order valence-corrected chi connectivity index (χ1v) is 5.91. The van der Waals surface area contributed by atoms with Gasteiger partial charge in [0.2, 0.25) is 0 Å². The molecule has 0 aliphatic heterocycles. The minimum atomic E-state index is -2.68. The van der Waals surface area contributed by atoms with Crippen LogP contribution in [0.15, 0.2) is 12.4 Å². The highest BCUT2D eigenvalue weighted by molar-refractivity contribution is 5.88. The van der Waals surface area contributed by atoms with Crippen molar-refractivity contribution in [2.75, 3.05) is 6.61 Å². The van der Waals surface area contributed by atoms with Crippen molar-refractivity contribution in [2.45, 2.75) is 26.9 Å². The normalized spacial score (nSPS) is 11.1. The number of alkyl halides is 2. The van der Waals surface area contributed by atoms with Gasteiger partial charge in [-0.25, -0.2) is 14.5 Å². The highest BCUT2D eigenvalue weighted by Gasteiger charge is 2.19. The van der Waals surface area contributed by atoms with Crippen molar-refractivity contribution in [3.05, 3.63) is 29.6 Å². The van der Waals surface area contributed by atoms with Crippen LogP contribution in [0.1, 0.15) is 35.5 Å². The Bertz CT molecular complexity index is 608. The summed E-state index contributed by atoms with van der Waals surface area (Å²) in [6.07, 6.45) is 2.46. The number of carbonyl (C=O) groups is 1. The average Bonchev–Trinajstić information content (AvgIpc) is 2.98. The van der Waals surface area contributed by atoms with E-state index in [1.807, 2.05) is 0 Å². The standard InChI is InChI=1S/C11H13F2N5O2/c1-3-20-10(19)9-7(2)18(16-15-9)6-8-14-4-5-17(8)11(12)13/h4-5,11H,3,6H2,1-2H3. The maximum atomic E-state index is 12.7. The van der Waals surface area contributed by atoms with E-state index in [1.165, 1.54) is 17.1 Å². The largest absolute Gasteiger partial charge is 0.461 e. The van der Waals surface area contributed by atoms with Gasteiger partial charge in [0.15, 0.2) is 5.69 Å². The van der Waals surface area contributed by atoms with Crippen LogP contribution in [0.4, 0.5) is 8.78 Å². The molecule has 0 radical (unpaired) electrons. The Balaban J connectivity index is 2.22. The molecule has 0 saturated heterocycles. The highest BCUT2D eigenvalue weighted by atomic mass is 19.3. The van der Waals surface area contributed by atoms with E-state index in [0.29, 0.717) is 5.69 Å². The van der Waals surface area contributed by atoms with Crippen LogP contribution in [0, 0.1) is 6.92 Å². The van der Waals surface area contributed by atoms with Gasteiger partial charge in [-0.05, 0) is 13.8 Å². The Morgan fingerprint density at radius 1 is 1.50 bits per heavy atom. The third-order valence-corrected chi connectivity index (χ3v) is 2.70. The van der Waals surface area contributed by atoms with Crippen molar-refractivity contribution in [3.8, 4) is 0 Å². The topological polar surface area (TPSA) is 74.8 Å². The number of esters is 1. The third kappa shape index (κ3) is 2.65. The van der Waals surface area contributed by atoms with E-state index in [0.717, 1.165) is 4.57 Å². The second-order valence-corrected chi connectivity index (χ2v) is 3.93. The molecule has 2 heterocycles. The molecular weight excluding hydrogens is 272 g/mol. The minimum absolute atomic E-state index is 0.00439. The molecule has 7 nitrogen and oxygen atoms in total. The second-order valence-electron chi connectivity index (χ2n) is 3.93. The van der Waals surface area contributed by atoms with Crippen molar-refractivity contribution in [1.82, 2.24) is 24.5 Å². The molecular formula is C11H13F2N5O2. The Morgan fingerprint density at radius 3 is 2.90 bits per heavy atom. The molecule has 0 N–H and O–H groups in total. The summed E-state index contributed by atoms with van der Waals surface area (Å²) in [5, 5.41) is 7.47. The number of hydrogen-bond acceptors (Lipinski definition) is 5. The first-order valence-electron chi connectivity index (χ1n) is 5.91. The molecule has 0 aliphatic carbocycles. The van der Waals surface area contributed by atoms with Crippen LogP contribution in [0.25, 0.3) is 0 Å². The number of rotatable bonds is 5. The van der Waals surface area contributed by atoms with Gasteiger partial charge in [0, 0.05) is 12.4 Å². The zero-order valence-electron chi connectivity index (χ0n) is 11.0. The van der Waals surface area contributed by atoms with Crippen LogP contribution in [0.5, 0.6) is 0 Å². The smallest absolute Gasteiger partial charge is 0.360 e. The quantitative estimate of drug-likeness (QED) is 0.776. The van der Waals surface area contributed by atoms with E-state index in [1.54, 1.807) is 13.8 Å². The summed E-state index contributed by atoms with van der Waals surface area (Å²) in [4.78, 5) is 15.4. The van der Waals surface area contributed by atoms with E-state index in [4.69, 9.17) is 4.74 Å². The van der Waals surface area contributed by atoms with E-state index >= 15 is 0 Å². The van der Waals surface area contributed by atoms with Crippen molar-refractivity contribution >= 4 is 5.97 Å². The first-order chi connectivity index (χ1) is 9.54. The predicted molar refractivity (Wildman–Crippen MR) is 63.3 cm³/mol. The number of nitrogens with zero attached hydrogens (tertiary/aromatic N) is 5. The van der Waals surface area contributed by atoms with Gasteiger partial charge in [0.25, 0.3) is 0 Å². The molecule has 9 heteroatoms. The van der Waals surface area contributed by atoms with Gasteiger partial charge < -0.3 is 4.74 Å². The predicted octanol–water partition coefficient (Wildman–Crippen LogP) is 1.40. The fourth-order valence-corrected chi connectivity index (χ4v) is 1.68. The van der Waals surface area contributed by atoms with Gasteiger partial charge in [0.05, 0.1) is 12.3 Å². The molecule has 0 spiro atoms. The summed E-state index contributed by atoms with van der Waals surface area (Å²) in [5.74, 6) is -0.461. The monoisotopic (exact) mass is 285 g/mol. The SMILES string of the molecule is CCOC(=O)c1nnn(Cc2nccn2C(F)F)c1C. The molecule has 2 aromatic rings. The molecule has 0 fully saturated rings. The molecule has 0 amide bonds. The van der Waals surface area contributed by atoms with Crippen LogP contribution in [0.3, 0.4) is 0 Å². The van der Waals surface area contributed by atoms with Gasteiger partial charge in [-0.2, -0.15) is 8.78 Å². The van der Waals surface area contributed by atoms with Crippen LogP contribution in [0.2, 0.25) is 0 Å². The Kier molecular flexibility index (Phi) is 4.06. The van der Waals surface area contributed by atoms with Crippen LogP contribution >= 0.6 is 0 Å². The van der Waals surface area contributed by atoms with E-state index in [2.05, 4.69) is 15.3 Å². The summed E-state index contributed by atoms with van der Waals surface area (Å²) in [6, 6.07) is 0. The van der Waals surface area contributed by atoms with Gasteiger partial charge in [-0.1, -0.05) is 5.21 Å². The van der Waals surface area contributed by atoms with Crippen molar-refractivity contribution < 1.29 is 18.3 Å². The summed E-state index contributed by atoms with van der Waals surface area (Å²) < 4.78 is 32.3. The van der Waals surface area contributed by atoms with Gasteiger partial charge in [-0.15, -0.1) is 5.10 Å². The molecule has 0 atom stereocenters. The van der Waals surface area contributed by atoms with Crippen molar-refractivity contribution in [1.29, 1.82) is 0 Å². The van der Waals surface area contributed by atoms with Crippen LogP contribution in [-0.4, -0.2) is 37.1 Å². The lowest BCUT2D eigenvalue weighted by atomic mass is 10.3. The third-order valence-electron chi connectivity index (χ3n) is 2.70. The zero-order chi connectivity index (χ0) is 14.7. The summed E-state index contributed by atoms with van der Waals surface area (Å²) in [5.41, 5.74) is 0.509. The molecule has 108 valence electrons. The summed E-state index contributed by atoms with van der Waals surface area (Å²) >= 11 is 0. The van der Waals surface area contributed by atoms with E-state index in [9.17, 15) is 13.6 Å². The fraction of sp³-hybridized carbons (Fsp3) is 0.455. The maximum Gasteiger partial charge on any atom is 0.360 e. The molecule has 0 aliphatic rings. The minimum Gasteiger partial charge on any atom is -0.461 e. The fourth-order valence-electron chi connectivity index (χ4n) is 1.68. The molecule has 20 heavy (non-hydrogen) atoms. The number of ether oxygens (including phenoxy) is 1. The maximum absolute atomic E-state index is 12.7. The number of hydrogen-bond donors (Lipinski definition) is 0. The average molecular weight is 285 g/mol. The Hall–Kier alpha value is -2.32. The molecule has 0 bridgehead atoms. The molecule has 0 unspecified atom stereocenters. The van der Waals surface area contributed by atoms with Crippen LogP contribution in [-0.2, 0) is 11.3 Å². The lowest BCUT2D eigenvalue weighted by Crippen LogP contribution is -2.12. The number of halogens is 2. The molecule has 2 aromatic heterocycles. The van der Waals surface area contributed by atoms with Crippen molar-refractivity contribution in [2.24, 2.45) is 0 Å². The van der Waals surface area contributed by atoms with Crippen LogP contribution < -0.4 is 0 Å². The van der Waals surface area contributed by atoms with Crippen molar-refractivity contribution in [3.63, 3.8) is 0 Å². The highest BCUT2D eigenvalue weighted by Crippen LogP contribution is 2.14. The van der Waals surface area contributed by atoms with Gasteiger partial charge >= 0.3 is 12.5 Å². The first kappa shape index (κ1) is 14.1. The van der Waals surface area contributed by atoms with E-state index in [-0.39, 0.29) is 24.7 Å². The Labute approximate surface area is 113 Å². The lowest BCUT2D eigenvalue weighted by molar-refractivity contribution is 0.0518. The lowest BCUT2D eigenvalue weighted by Gasteiger charge is -2.07. The number of imidazole rings is 1. The number of aromatic nitrogens is 5. The van der Waals surface area contributed by atoms with E-state index < -0.39 is 12.5 Å². The molecule has 2 rings (SSSR count). The Morgan fingerprint density at radius 2 is 2.25 bits per heavy atom. The summed E-state index contributed by atoms with van der Waals surface area (Å²) in [6.45, 7) is 0.830. The zero-order valence-corrected chi connectivity index (χ0v) is 11.0. The molecule has 0 aromatic carbocycles. The summed E-state index contributed by atoms with van der Waals surface area (Å²) in [7, 11) is 0.